The number of rotatable bonds is 3. The van der Waals surface area contributed by atoms with E-state index in [1.807, 2.05) is 23.2 Å². The summed E-state index contributed by atoms with van der Waals surface area (Å²) in [7, 11) is 0. The number of aromatic nitrogens is 2. The van der Waals surface area contributed by atoms with E-state index in [9.17, 15) is 9.59 Å². The highest BCUT2D eigenvalue weighted by atomic mass is 79.9. The van der Waals surface area contributed by atoms with Crippen LogP contribution in [0.3, 0.4) is 0 Å². The SMILES string of the molecule is CC(=O)N1CCC(c2cc3c(cn2)[nH]c2ccc(NC(=O)NC4CC4)c(Br)c23)CC1. The summed E-state index contributed by atoms with van der Waals surface area (Å²) in [5, 5.41) is 8.04. The lowest BCUT2D eigenvalue weighted by molar-refractivity contribution is -0.129. The third-order valence-electron chi connectivity index (χ3n) is 6.13. The standard InChI is InChI=1S/C22H24BrN5O2/c1-12(29)28-8-6-13(7-9-28)18-10-15-19(11-24-18)26-16-4-5-17(21(23)20(15)16)27-22(30)25-14-2-3-14/h4-5,10-11,13-14,26H,2-3,6-9H2,1H3,(H2,25,27,30). The number of carbonyl (C=O) groups is 2. The van der Waals surface area contributed by atoms with Gasteiger partial charge in [-0.1, -0.05) is 0 Å². The van der Waals surface area contributed by atoms with Crippen molar-refractivity contribution < 1.29 is 9.59 Å². The number of urea groups is 1. The largest absolute Gasteiger partial charge is 0.353 e. The minimum atomic E-state index is -0.169. The minimum absolute atomic E-state index is 0.142. The molecule has 0 radical (unpaired) electrons. The van der Waals surface area contributed by atoms with Gasteiger partial charge in [-0.2, -0.15) is 0 Å². The van der Waals surface area contributed by atoms with Crippen molar-refractivity contribution >= 4 is 55.4 Å². The lowest BCUT2D eigenvalue weighted by atomic mass is 9.92. The molecule has 0 atom stereocenters. The summed E-state index contributed by atoms with van der Waals surface area (Å²) in [6, 6.07) is 6.18. The van der Waals surface area contributed by atoms with E-state index in [0.717, 1.165) is 76.4 Å². The van der Waals surface area contributed by atoms with Crippen LogP contribution in [0.25, 0.3) is 21.8 Å². The molecule has 1 saturated carbocycles. The predicted molar refractivity (Wildman–Crippen MR) is 121 cm³/mol. The van der Waals surface area contributed by atoms with E-state index < -0.39 is 0 Å². The predicted octanol–water partition coefficient (Wildman–Crippen LogP) is 4.49. The molecule has 3 aromatic rings. The molecule has 2 fully saturated rings. The summed E-state index contributed by atoms with van der Waals surface area (Å²) < 4.78 is 0.862. The Morgan fingerprint density at radius 1 is 1.17 bits per heavy atom. The molecule has 3 heterocycles. The number of piperidine rings is 1. The molecule has 1 saturated heterocycles. The maximum absolute atomic E-state index is 12.2. The molecule has 3 N–H and O–H groups in total. The van der Waals surface area contributed by atoms with Crippen LogP contribution in [0.15, 0.2) is 28.9 Å². The summed E-state index contributed by atoms with van der Waals surface area (Å²) in [5.41, 5.74) is 3.77. The number of halogens is 1. The summed E-state index contributed by atoms with van der Waals surface area (Å²) in [6.45, 7) is 3.19. The Hall–Kier alpha value is -2.61. The highest BCUT2D eigenvalue weighted by molar-refractivity contribution is 9.10. The van der Waals surface area contributed by atoms with Crippen LogP contribution in [0.1, 0.15) is 44.2 Å². The van der Waals surface area contributed by atoms with Gasteiger partial charge in [0.05, 0.1) is 21.9 Å². The molecule has 1 aliphatic carbocycles. The van der Waals surface area contributed by atoms with Crippen LogP contribution in [0, 0.1) is 0 Å². The van der Waals surface area contributed by atoms with E-state index in [2.05, 4.69) is 37.6 Å². The van der Waals surface area contributed by atoms with Gasteiger partial charge in [0.1, 0.15) is 0 Å². The molecule has 2 aliphatic rings. The monoisotopic (exact) mass is 469 g/mol. The van der Waals surface area contributed by atoms with E-state index >= 15 is 0 Å². The Morgan fingerprint density at radius 2 is 1.93 bits per heavy atom. The fraction of sp³-hybridized carbons (Fsp3) is 0.409. The zero-order valence-corrected chi connectivity index (χ0v) is 18.4. The summed E-state index contributed by atoms with van der Waals surface area (Å²) in [4.78, 5) is 33.8. The molecule has 1 aliphatic heterocycles. The zero-order valence-electron chi connectivity index (χ0n) is 16.8. The van der Waals surface area contributed by atoms with E-state index in [-0.39, 0.29) is 11.9 Å². The van der Waals surface area contributed by atoms with Crippen molar-refractivity contribution in [2.45, 2.75) is 44.6 Å². The number of pyridine rings is 1. The van der Waals surface area contributed by atoms with Crippen LogP contribution < -0.4 is 10.6 Å². The van der Waals surface area contributed by atoms with E-state index in [1.165, 1.54) is 0 Å². The molecule has 3 amide bonds. The van der Waals surface area contributed by atoms with Gasteiger partial charge in [-0.15, -0.1) is 0 Å². The van der Waals surface area contributed by atoms with E-state index in [4.69, 9.17) is 4.98 Å². The van der Waals surface area contributed by atoms with Crippen molar-refractivity contribution in [3.05, 3.63) is 34.6 Å². The van der Waals surface area contributed by atoms with Crippen LogP contribution in [-0.4, -0.2) is 45.9 Å². The molecule has 30 heavy (non-hydrogen) atoms. The molecule has 8 heteroatoms. The number of hydrogen-bond donors (Lipinski definition) is 3. The fourth-order valence-corrected chi connectivity index (χ4v) is 4.91. The molecule has 156 valence electrons. The molecular formula is C22H24BrN5O2. The molecule has 0 bridgehead atoms. The average molecular weight is 470 g/mol. The number of fused-ring (bicyclic) bond motifs is 3. The molecule has 2 aromatic heterocycles. The number of aromatic amines is 1. The summed E-state index contributed by atoms with van der Waals surface area (Å²) >= 11 is 3.71. The van der Waals surface area contributed by atoms with Gasteiger partial charge in [0, 0.05) is 54.0 Å². The van der Waals surface area contributed by atoms with Gasteiger partial charge in [-0.25, -0.2) is 4.79 Å². The van der Waals surface area contributed by atoms with Crippen LogP contribution in [-0.2, 0) is 4.79 Å². The number of H-pyrrole nitrogens is 1. The summed E-state index contributed by atoms with van der Waals surface area (Å²) in [5.74, 6) is 0.488. The number of anilines is 1. The van der Waals surface area contributed by atoms with Crippen LogP contribution in [0.4, 0.5) is 10.5 Å². The minimum Gasteiger partial charge on any atom is -0.353 e. The van der Waals surface area contributed by atoms with Gasteiger partial charge in [0.2, 0.25) is 5.91 Å². The second-order valence-corrected chi connectivity index (χ2v) is 9.08. The van der Waals surface area contributed by atoms with Crippen molar-refractivity contribution in [2.24, 2.45) is 0 Å². The maximum Gasteiger partial charge on any atom is 0.319 e. The van der Waals surface area contributed by atoms with Gasteiger partial charge in [0.25, 0.3) is 0 Å². The highest BCUT2D eigenvalue weighted by Gasteiger charge is 2.25. The lowest BCUT2D eigenvalue weighted by Gasteiger charge is -2.31. The molecule has 0 spiro atoms. The van der Waals surface area contributed by atoms with Gasteiger partial charge in [0.15, 0.2) is 0 Å². The average Bonchev–Trinajstić information content (AvgIpc) is 3.46. The first-order valence-corrected chi connectivity index (χ1v) is 11.2. The molecule has 0 unspecified atom stereocenters. The Kier molecular flexibility index (Phi) is 4.89. The van der Waals surface area contributed by atoms with Gasteiger partial charge < -0.3 is 20.5 Å². The molecule has 7 nitrogen and oxygen atoms in total. The van der Waals surface area contributed by atoms with Gasteiger partial charge in [-0.3, -0.25) is 9.78 Å². The number of amides is 3. The normalized spacial score (nSPS) is 17.5. The number of carbonyl (C=O) groups excluding carboxylic acids is 2. The quantitative estimate of drug-likeness (QED) is 0.527. The van der Waals surface area contributed by atoms with Crippen LogP contribution >= 0.6 is 15.9 Å². The smallest absolute Gasteiger partial charge is 0.319 e. The topological polar surface area (TPSA) is 90.1 Å². The first-order chi connectivity index (χ1) is 14.5. The van der Waals surface area contributed by atoms with Crippen LogP contribution in [0.5, 0.6) is 0 Å². The highest BCUT2D eigenvalue weighted by Crippen LogP contribution is 2.38. The maximum atomic E-state index is 12.2. The Balaban J connectivity index is 1.46. The first kappa shape index (κ1) is 19.4. The number of benzene rings is 1. The fourth-order valence-electron chi connectivity index (χ4n) is 4.25. The Morgan fingerprint density at radius 3 is 2.63 bits per heavy atom. The Labute approximate surface area is 182 Å². The Bertz CT molecular complexity index is 1150. The second-order valence-electron chi connectivity index (χ2n) is 8.28. The zero-order chi connectivity index (χ0) is 20.8. The number of hydrogen-bond acceptors (Lipinski definition) is 3. The van der Waals surface area contributed by atoms with Crippen molar-refractivity contribution in [1.82, 2.24) is 20.2 Å². The van der Waals surface area contributed by atoms with Crippen LogP contribution in [0.2, 0.25) is 0 Å². The van der Waals surface area contributed by atoms with Gasteiger partial charge in [-0.05, 0) is 59.8 Å². The first-order valence-electron chi connectivity index (χ1n) is 10.4. The number of likely N-dealkylation sites (tertiary alicyclic amines) is 1. The second kappa shape index (κ2) is 7.58. The van der Waals surface area contributed by atoms with Gasteiger partial charge >= 0.3 is 6.03 Å². The van der Waals surface area contributed by atoms with Crippen molar-refractivity contribution in [2.75, 3.05) is 18.4 Å². The molecular weight excluding hydrogens is 446 g/mol. The summed E-state index contributed by atoms with van der Waals surface area (Å²) in [6.07, 6.45) is 5.85. The molecule has 5 rings (SSSR count). The third kappa shape index (κ3) is 3.64. The third-order valence-corrected chi connectivity index (χ3v) is 6.95. The van der Waals surface area contributed by atoms with E-state index in [0.29, 0.717) is 12.0 Å². The lowest BCUT2D eigenvalue weighted by Crippen LogP contribution is -2.36. The number of nitrogens with zero attached hydrogens (tertiary/aromatic N) is 2. The van der Waals surface area contributed by atoms with E-state index in [1.54, 1.807) is 6.92 Å². The van der Waals surface area contributed by atoms with Crippen molar-refractivity contribution in [1.29, 1.82) is 0 Å². The van der Waals surface area contributed by atoms with Crippen molar-refractivity contribution in [3.63, 3.8) is 0 Å². The number of nitrogens with one attached hydrogen (secondary N) is 3. The molecule has 1 aromatic carbocycles. The van der Waals surface area contributed by atoms with Crippen molar-refractivity contribution in [3.8, 4) is 0 Å².